The summed E-state index contributed by atoms with van der Waals surface area (Å²) in [5.41, 5.74) is 2.56. The highest BCUT2D eigenvalue weighted by Crippen LogP contribution is 2.67. The molecule has 29 heavy (non-hydrogen) atoms. The Hall–Kier alpha value is -0.340. The summed E-state index contributed by atoms with van der Waals surface area (Å²) < 4.78 is 0. The van der Waals surface area contributed by atoms with E-state index in [0.717, 1.165) is 54.4 Å². The van der Waals surface area contributed by atoms with Gasteiger partial charge in [-0.3, -0.25) is 0 Å². The molecule has 2 nitrogen and oxygen atoms in total. The molecule has 0 aromatic heterocycles. The summed E-state index contributed by atoms with van der Waals surface area (Å²) in [5.74, 6) is 5.29. The first-order valence-electron chi connectivity index (χ1n) is 12.9. The maximum Gasteiger partial charge on any atom is 0.0577 e. The number of rotatable bonds is 2. The maximum atomic E-state index is 10.2. The van der Waals surface area contributed by atoms with Crippen LogP contribution >= 0.6 is 0 Å². The van der Waals surface area contributed by atoms with Crippen molar-refractivity contribution in [1.82, 2.24) is 5.32 Å². The highest BCUT2D eigenvalue weighted by molar-refractivity contribution is 5.25. The van der Waals surface area contributed by atoms with Crippen LogP contribution < -0.4 is 5.32 Å². The molecule has 1 heterocycles. The molecule has 1 saturated heterocycles. The second-order valence-electron chi connectivity index (χ2n) is 12.4. The van der Waals surface area contributed by atoms with Gasteiger partial charge in [-0.15, -0.1) is 0 Å². The molecular weight excluding hydrogens is 354 g/mol. The molecule has 0 aromatic carbocycles. The molecule has 2 N–H and O–H groups in total. The highest BCUT2D eigenvalue weighted by Gasteiger charge is 2.59. The molecule has 10 atom stereocenters. The molecule has 5 aliphatic rings. The molecule has 164 valence electrons. The molecule has 5 rings (SSSR count). The number of fused-ring (bicyclic) bond motifs is 5. The number of nitrogens with one attached hydrogen (secondary N) is 1. The minimum Gasteiger partial charge on any atom is -0.393 e. The zero-order valence-electron chi connectivity index (χ0n) is 19.4. The second kappa shape index (κ2) is 7.37. The first-order chi connectivity index (χ1) is 13.8. The van der Waals surface area contributed by atoms with Crippen LogP contribution in [0.2, 0.25) is 0 Å². The van der Waals surface area contributed by atoms with Crippen molar-refractivity contribution in [2.75, 3.05) is 6.54 Å². The normalized spacial score (nSPS) is 53.4. The molecule has 1 aliphatic heterocycles. The van der Waals surface area contributed by atoms with E-state index < -0.39 is 0 Å². The average molecular weight is 400 g/mol. The van der Waals surface area contributed by atoms with Crippen molar-refractivity contribution in [1.29, 1.82) is 0 Å². The van der Waals surface area contributed by atoms with Crippen LogP contribution in [0.25, 0.3) is 0 Å². The Morgan fingerprint density at radius 1 is 1.03 bits per heavy atom. The third-order valence-corrected chi connectivity index (χ3v) is 11.1. The molecule has 3 saturated carbocycles. The van der Waals surface area contributed by atoms with Gasteiger partial charge in [0.1, 0.15) is 0 Å². The van der Waals surface area contributed by atoms with Gasteiger partial charge in [0.05, 0.1) is 6.10 Å². The molecule has 0 bridgehead atoms. The van der Waals surface area contributed by atoms with Crippen LogP contribution in [0.1, 0.15) is 91.9 Å². The Balaban J connectivity index is 1.36. The Kier molecular flexibility index (Phi) is 5.22. The first-order valence-corrected chi connectivity index (χ1v) is 12.9. The highest BCUT2D eigenvalue weighted by atomic mass is 16.3. The fraction of sp³-hybridized carbons (Fsp3) is 0.926. The molecule has 4 aliphatic carbocycles. The van der Waals surface area contributed by atoms with E-state index in [0.29, 0.717) is 10.8 Å². The Labute approximate surface area is 179 Å². The molecule has 0 aromatic rings. The van der Waals surface area contributed by atoms with Crippen LogP contribution in [0.5, 0.6) is 0 Å². The van der Waals surface area contributed by atoms with Gasteiger partial charge in [0.2, 0.25) is 0 Å². The zero-order chi connectivity index (χ0) is 20.4. The third-order valence-electron chi connectivity index (χ3n) is 11.1. The molecule has 4 fully saturated rings. The molecular formula is C27H45NO. The minimum atomic E-state index is -0.0813. The lowest BCUT2D eigenvalue weighted by atomic mass is 9.47. The molecule has 2 heteroatoms. The van der Waals surface area contributed by atoms with E-state index in [4.69, 9.17) is 0 Å². The number of hydrogen-bond donors (Lipinski definition) is 2. The van der Waals surface area contributed by atoms with Gasteiger partial charge in [-0.05, 0) is 117 Å². The Morgan fingerprint density at radius 2 is 1.86 bits per heavy atom. The van der Waals surface area contributed by atoms with Crippen LogP contribution in [-0.4, -0.2) is 23.8 Å². The molecule has 0 unspecified atom stereocenters. The van der Waals surface area contributed by atoms with Crippen LogP contribution in [0.15, 0.2) is 11.6 Å². The summed E-state index contributed by atoms with van der Waals surface area (Å²) in [6, 6.07) is 0.750. The molecule has 0 radical (unpaired) electrons. The summed E-state index contributed by atoms with van der Waals surface area (Å²) >= 11 is 0. The standard InChI is InChI=1S/C27H45NO/c1-17-5-10-25(28-16-17)18(2)22-8-9-23-21-7-6-19-15-20(29)11-13-26(19,3)24(21)12-14-27(22,23)4/h6,17-18,20-25,28-29H,5,7-16H2,1-4H3/t17-,18-,20-,21-,22+,23-,24-,25-,26-,27+/m0/s1. The zero-order valence-corrected chi connectivity index (χ0v) is 19.4. The summed E-state index contributed by atoms with van der Waals surface area (Å²) in [4.78, 5) is 0. The van der Waals surface area contributed by atoms with Crippen molar-refractivity contribution in [2.45, 2.75) is 104 Å². The minimum absolute atomic E-state index is 0.0813. The fourth-order valence-corrected chi connectivity index (χ4v) is 9.30. The predicted molar refractivity (Wildman–Crippen MR) is 121 cm³/mol. The number of allylic oxidation sites excluding steroid dienone is 1. The van der Waals surface area contributed by atoms with Crippen molar-refractivity contribution in [3.05, 3.63) is 11.6 Å². The van der Waals surface area contributed by atoms with Crippen molar-refractivity contribution in [3.8, 4) is 0 Å². The third kappa shape index (κ3) is 3.18. The smallest absolute Gasteiger partial charge is 0.0577 e. The molecule has 0 amide bonds. The maximum absolute atomic E-state index is 10.2. The number of piperidine rings is 1. The lowest BCUT2D eigenvalue weighted by molar-refractivity contribution is -0.0598. The molecule has 0 spiro atoms. The van der Waals surface area contributed by atoms with Crippen molar-refractivity contribution >= 4 is 0 Å². The summed E-state index contributed by atoms with van der Waals surface area (Å²) in [6.07, 6.45) is 15.6. The van der Waals surface area contributed by atoms with E-state index in [9.17, 15) is 5.11 Å². The van der Waals surface area contributed by atoms with E-state index >= 15 is 0 Å². The van der Waals surface area contributed by atoms with E-state index in [1.807, 2.05) is 0 Å². The topological polar surface area (TPSA) is 32.3 Å². The number of aliphatic hydroxyl groups is 1. The van der Waals surface area contributed by atoms with Crippen LogP contribution in [0, 0.1) is 46.3 Å². The second-order valence-corrected chi connectivity index (χ2v) is 12.4. The van der Waals surface area contributed by atoms with Gasteiger partial charge in [0.25, 0.3) is 0 Å². The van der Waals surface area contributed by atoms with Gasteiger partial charge in [-0.25, -0.2) is 0 Å². The summed E-state index contributed by atoms with van der Waals surface area (Å²) in [5, 5.41) is 14.2. The van der Waals surface area contributed by atoms with Crippen LogP contribution in [0.4, 0.5) is 0 Å². The van der Waals surface area contributed by atoms with Gasteiger partial charge in [-0.1, -0.05) is 39.3 Å². The lowest BCUT2D eigenvalue weighted by Crippen LogP contribution is -2.52. The van der Waals surface area contributed by atoms with Gasteiger partial charge in [0, 0.05) is 6.04 Å². The van der Waals surface area contributed by atoms with Crippen molar-refractivity contribution in [3.63, 3.8) is 0 Å². The van der Waals surface area contributed by atoms with Crippen molar-refractivity contribution in [2.24, 2.45) is 46.3 Å². The lowest BCUT2D eigenvalue weighted by Gasteiger charge is -2.58. The fourth-order valence-electron chi connectivity index (χ4n) is 9.30. The summed E-state index contributed by atoms with van der Waals surface area (Å²) in [6.45, 7) is 11.5. The monoisotopic (exact) mass is 399 g/mol. The van der Waals surface area contributed by atoms with E-state index in [-0.39, 0.29) is 6.10 Å². The van der Waals surface area contributed by atoms with Crippen LogP contribution in [0.3, 0.4) is 0 Å². The SMILES string of the molecule is C[C@H]1CC[C@@H]([C@@H](C)[C@H]2CC[C@H]3[C@@H]4CC=C5C[C@@H](O)CC[C@]5(C)[C@H]4CC[C@]23C)NC1. The number of hydrogen-bond acceptors (Lipinski definition) is 2. The summed E-state index contributed by atoms with van der Waals surface area (Å²) in [7, 11) is 0. The van der Waals surface area contributed by atoms with Gasteiger partial charge < -0.3 is 10.4 Å². The van der Waals surface area contributed by atoms with E-state index in [1.165, 1.54) is 57.9 Å². The Morgan fingerprint density at radius 3 is 2.62 bits per heavy atom. The number of aliphatic hydroxyl groups excluding tert-OH is 1. The van der Waals surface area contributed by atoms with Gasteiger partial charge in [0.15, 0.2) is 0 Å². The van der Waals surface area contributed by atoms with Crippen LogP contribution in [-0.2, 0) is 0 Å². The van der Waals surface area contributed by atoms with E-state index in [2.05, 4.69) is 39.1 Å². The average Bonchev–Trinajstić information content (AvgIpc) is 3.06. The first kappa shape index (κ1) is 20.6. The van der Waals surface area contributed by atoms with Gasteiger partial charge in [-0.2, -0.15) is 0 Å². The van der Waals surface area contributed by atoms with Crippen molar-refractivity contribution < 1.29 is 5.11 Å². The predicted octanol–water partition coefficient (Wildman–Crippen LogP) is 5.95. The van der Waals surface area contributed by atoms with Gasteiger partial charge >= 0.3 is 0 Å². The quantitative estimate of drug-likeness (QED) is 0.562. The largest absolute Gasteiger partial charge is 0.393 e. The Bertz CT molecular complexity index is 649. The van der Waals surface area contributed by atoms with E-state index in [1.54, 1.807) is 5.57 Å².